The molecule has 2 heterocycles. The number of nitrogens with one attached hydrogen (secondary N) is 1. The van der Waals surface area contributed by atoms with Gasteiger partial charge >= 0.3 is 5.97 Å². The van der Waals surface area contributed by atoms with Crippen LogP contribution in [-0.2, 0) is 22.4 Å². The zero-order chi connectivity index (χ0) is 22.0. The van der Waals surface area contributed by atoms with E-state index in [4.69, 9.17) is 4.74 Å². The Bertz CT molecular complexity index is 1110. The smallest absolute Gasteiger partial charge is 0.338 e. The molecule has 0 saturated carbocycles. The normalized spacial score (nSPS) is 15.7. The maximum atomic E-state index is 12.5. The lowest BCUT2D eigenvalue weighted by Gasteiger charge is -2.18. The molecule has 1 aliphatic carbocycles. The molecule has 6 nitrogen and oxygen atoms in total. The van der Waals surface area contributed by atoms with Crippen molar-refractivity contribution in [3.05, 3.63) is 46.6 Å². The average Bonchev–Trinajstić information content (AvgIpc) is 3.10. The van der Waals surface area contributed by atoms with Crippen molar-refractivity contribution < 1.29 is 14.3 Å². The van der Waals surface area contributed by atoms with Crippen LogP contribution in [-0.4, -0.2) is 33.7 Å². The van der Waals surface area contributed by atoms with Crippen LogP contribution in [0.15, 0.2) is 35.6 Å². The Balaban J connectivity index is 1.40. The Kier molecular flexibility index (Phi) is 6.57. The molecule has 1 aliphatic rings. The van der Waals surface area contributed by atoms with Crippen molar-refractivity contribution in [2.75, 3.05) is 11.1 Å². The molecule has 1 aromatic carbocycles. The summed E-state index contributed by atoms with van der Waals surface area (Å²) in [6.45, 7) is 5.91. The fourth-order valence-electron chi connectivity index (χ4n) is 3.66. The van der Waals surface area contributed by atoms with Gasteiger partial charge in [-0.15, -0.1) is 11.3 Å². The molecule has 31 heavy (non-hydrogen) atoms. The highest BCUT2D eigenvalue weighted by atomic mass is 32.2. The zero-order valence-corrected chi connectivity index (χ0v) is 19.4. The summed E-state index contributed by atoms with van der Waals surface area (Å²) in [7, 11) is 0. The van der Waals surface area contributed by atoms with E-state index < -0.39 is 0 Å². The number of hydrogen-bond acceptors (Lipinski definition) is 7. The van der Waals surface area contributed by atoms with Crippen LogP contribution >= 0.6 is 23.1 Å². The first-order valence-corrected chi connectivity index (χ1v) is 12.2. The predicted octanol–water partition coefficient (Wildman–Crippen LogP) is 5.11. The molecule has 1 atom stereocenters. The summed E-state index contributed by atoms with van der Waals surface area (Å²) < 4.78 is 5.18. The van der Waals surface area contributed by atoms with Crippen molar-refractivity contribution in [3.8, 4) is 0 Å². The van der Waals surface area contributed by atoms with Gasteiger partial charge < -0.3 is 10.1 Å². The lowest BCUT2D eigenvalue weighted by molar-refractivity contribution is -0.113. The van der Waals surface area contributed by atoms with Gasteiger partial charge in [-0.2, -0.15) is 0 Å². The second-order valence-electron chi connectivity index (χ2n) is 8.08. The number of thiophene rings is 1. The third-order valence-corrected chi connectivity index (χ3v) is 7.30. The number of benzene rings is 1. The Morgan fingerprint density at radius 3 is 2.77 bits per heavy atom. The second kappa shape index (κ2) is 9.36. The van der Waals surface area contributed by atoms with Crippen molar-refractivity contribution in [1.29, 1.82) is 0 Å². The van der Waals surface area contributed by atoms with Crippen molar-refractivity contribution in [2.24, 2.45) is 5.92 Å². The number of thioether (sulfide) groups is 1. The highest BCUT2D eigenvalue weighted by Gasteiger charge is 2.23. The van der Waals surface area contributed by atoms with Gasteiger partial charge in [-0.3, -0.25) is 4.79 Å². The number of amides is 1. The van der Waals surface area contributed by atoms with Crippen molar-refractivity contribution in [3.63, 3.8) is 0 Å². The van der Waals surface area contributed by atoms with Crippen molar-refractivity contribution in [1.82, 2.24) is 9.97 Å². The van der Waals surface area contributed by atoms with Crippen LogP contribution in [0.1, 0.15) is 48.0 Å². The van der Waals surface area contributed by atoms with E-state index in [1.165, 1.54) is 28.6 Å². The average molecular weight is 456 g/mol. The summed E-state index contributed by atoms with van der Waals surface area (Å²) in [5.74, 6) is 0.468. The van der Waals surface area contributed by atoms with Crippen LogP contribution in [0.3, 0.4) is 0 Å². The highest BCUT2D eigenvalue weighted by Crippen LogP contribution is 2.40. The SMILES string of the molecule is CC1CCc2c(sc3ncnc(SCC(=O)Nc4ccc(C(=O)OC(C)C)cc4)c23)C1. The Hall–Kier alpha value is -2.45. The first-order chi connectivity index (χ1) is 14.9. The van der Waals surface area contributed by atoms with Gasteiger partial charge in [0.1, 0.15) is 16.2 Å². The van der Waals surface area contributed by atoms with Crippen LogP contribution in [0.25, 0.3) is 10.2 Å². The fourth-order valence-corrected chi connectivity index (χ4v) is 5.90. The van der Waals surface area contributed by atoms with Gasteiger partial charge in [0.25, 0.3) is 0 Å². The quantitative estimate of drug-likeness (QED) is 0.316. The Labute approximate surface area is 189 Å². The summed E-state index contributed by atoms with van der Waals surface area (Å²) in [5.41, 5.74) is 2.47. The predicted molar refractivity (Wildman–Crippen MR) is 125 cm³/mol. The molecule has 8 heteroatoms. The second-order valence-corrected chi connectivity index (χ2v) is 10.1. The first kappa shape index (κ1) is 21.8. The molecule has 0 radical (unpaired) electrons. The molecule has 0 saturated heterocycles. The summed E-state index contributed by atoms with van der Waals surface area (Å²) in [6, 6.07) is 6.72. The molecule has 1 amide bonds. The van der Waals surface area contributed by atoms with Gasteiger partial charge in [0.15, 0.2) is 0 Å². The van der Waals surface area contributed by atoms with Crippen LogP contribution in [0.4, 0.5) is 5.69 Å². The van der Waals surface area contributed by atoms with Crippen molar-refractivity contribution in [2.45, 2.75) is 51.2 Å². The molecule has 2 aromatic heterocycles. The third-order valence-electron chi connectivity index (χ3n) is 5.14. The van der Waals surface area contributed by atoms with E-state index in [2.05, 4.69) is 22.2 Å². The maximum Gasteiger partial charge on any atom is 0.338 e. The topological polar surface area (TPSA) is 81.2 Å². The minimum atomic E-state index is -0.371. The number of ether oxygens (including phenoxy) is 1. The van der Waals surface area contributed by atoms with E-state index in [9.17, 15) is 9.59 Å². The summed E-state index contributed by atoms with van der Waals surface area (Å²) in [4.78, 5) is 35.8. The minimum absolute atomic E-state index is 0.119. The highest BCUT2D eigenvalue weighted by molar-refractivity contribution is 8.00. The Morgan fingerprint density at radius 2 is 2.03 bits per heavy atom. The number of esters is 1. The summed E-state index contributed by atoms with van der Waals surface area (Å²) in [6.07, 6.45) is 4.74. The molecule has 3 aromatic rings. The number of rotatable bonds is 6. The molecule has 0 aliphatic heterocycles. The van der Waals surface area contributed by atoms with Crippen molar-refractivity contribution >= 4 is 50.9 Å². The fraction of sp³-hybridized carbons (Fsp3) is 0.391. The van der Waals surface area contributed by atoms with E-state index in [0.29, 0.717) is 17.2 Å². The lowest BCUT2D eigenvalue weighted by Crippen LogP contribution is -2.15. The molecular formula is C23H25N3O3S2. The monoisotopic (exact) mass is 455 g/mol. The van der Waals surface area contributed by atoms with Crippen LogP contribution in [0.5, 0.6) is 0 Å². The molecule has 0 bridgehead atoms. The van der Waals surface area contributed by atoms with Crippen LogP contribution in [0.2, 0.25) is 0 Å². The lowest BCUT2D eigenvalue weighted by atomic mass is 9.89. The van der Waals surface area contributed by atoms with E-state index in [1.807, 2.05) is 13.8 Å². The number of fused-ring (bicyclic) bond motifs is 3. The maximum absolute atomic E-state index is 12.5. The number of hydrogen-bond donors (Lipinski definition) is 1. The van der Waals surface area contributed by atoms with Gasteiger partial charge in [0.05, 0.1) is 17.4 Å². The molecule has 1 N–H and O–H groups in total. The van der Waals surface area contributed by atoms with E-state index >= 15 is 0 Å². The van der Waals surface area contributed by atoms with Crippen LogP contribution < -0.4 is 5.32 Å². The molecule has 1 unspecified atom stereocenters. The van der Waals surface area contributed by atoms with Gasteiger partial charge in [-0.25, -0.2) is 14.8 Å². The Morgan fingerprint density at radius 1 is 1.26 bits per heavy atom. The summed E-state index contributed by atoms with van der Waals surface area (Å²) >= 11 is 3.20. The zero-order valence-electron chi connectivity index (χ0n) is 17.8. The summed E-state index contributed by atoms with van der Waals surface area (Å²) in [5, 5.41) is 4.88. The number of carbonyl (C=O) groups excluding carboxylic acids is 2. The van der Waals surface area contributed by atoms with Gasteiger partial charge in [0.2, 0.25) is 5.91 Å². The number of anilines is 1. The molecule has 162 valence electrons. The standard InChI is InChI=1S/C23H25N3O3S2/c1-13(2)29-23(28)15-5-7-16(8-6-15)26-19(27)11-30-21-20-17-9-4-14(3)10-18(17)31-22(20)25-12-24-21/h5-8,12-14H,4,9-11H2,1-3H3,(H,26,27). The molecule has 0 spiro atoms. The number of aryl methyl sites for hydroxylation is 1. The van der Waals surface area contributed by atoms with Gasteiger partial charge in [-0.1, -0.05) is 18.7 Å². The number of nitrogens with zero attached hydrogens (tertiary/aromatic N) is 2. The number of carbonyl (C=O) groups is 2. The molecular weight excluding hydrogens is 430 g/mol. The largest absolute Gasteiger partial charge is 0.459 e. The van der Waals surface area contributed by atoms with E-state index in [0.717, 1.165) is 28.1 Å². The van der Waals surface area contributed by atoms with E-state index in [1.54, 1.807) is 41.9 Å². The number of aromatic nitrogens is 2. The third kappa shape index (κ3) is 5.07. The van der Waals surface area contributed by atoms with Gasteiger partial charge in [0, 0.05) is 16.0 Å². The van der Waals surface area contributed by atoms with Gasteiger partial charge in [-0.05, 0) is 68.9 Å². The first-order valence-electron chi connectivity index (χ1n) is 10.4. The molecule has 4 rings (SSSR count). The van der Waals surface area contributed by atoms with Crippen LogP contribution in [0, 0.1) is 5.92 Å². The van der Waals surface area contributed by atoms with E-state index in [-0.39, 0.29) is 23.7 Å². The minimum Gasteiger partial charge on any atom is -0.459 e. The molecule has 0 fully saturated rings.